The van der Waals surface area contributed by atoms with E-state index in [-0.39, 0.29) is 4.84 Å². The molecule has 0 N–H and O–H groups in total. The second-order valence-electron chi connectivity index (χ2n) is 2.20. The van der Waals surface area contributed by atoms with Gasteiger partial charge in [-0.15, -0.1) is 32.4 Å². The summed E-state index contributed by atoms with van der Waals surface area (Å²) in [5, 5.41) is 1.01. The molecule has 0 aliphatic heterocycles. The Hall–Kier alpha value is 1.24. The standard InChI is InChI=1S/C6H5Cl2P.C2H5Cl2P/c7-9(8)6-4-2-1-3-5-6;3-2(4)1-5/h1-5H;2H,1,5H2. The second kappa shape index (κ2) is 9.46. The Morgan fingerprint density at radius 3 is 1.79 bits per heavy atom. The Kier molecular flexibility index (Phi) is 10.3. The van der Waals surface area contributed by atoms with E-state index in [0.717, 1.165) is 11.5 Å². The van der Waals surface area contributed by atoms with E-state index in [2.05, 4.69) is 9.24 Å². The maximum absolute atomic E-state index is 5.63. The van der Waals surface area contributed by atoms with Crippen molar-refractivity contribution in [3.05, 3.63) is 30.3 Å². The van der Waals surface area contributed by atoms with E-state index in [4.69, 9.17) is 45.7 Å². The minimum absolute atomic E-state index is 0.208. The molecule has 0 radical (unpaired) electrons. The topological polar surface area (TPSA) is 0 Å². The van der Waals surface area contributed by atoms with Crippen molar-refractivity contribution in [2.45, 2.75) is 4.84 Å². The van der Waals surface area contributed by atoms with Crippen LogP contribution in [0, 0.1) is 0 Å². The van der Waals surface area contributed by atoms with Gasteiger partial charge in [-0.25, -0.2) is 0 Å². The molecule has 80 valence electrons. The smallest absolute Gasteiger partial charge is 0.116 e. The molecule has 0 aliphatic carbocycles. The lowest BCUT2D eigenvalue weighted by Crippen LogP contribution is -1.89. The van der Waals surface area contributed by atoms with E-state index in [9.17, 15) is 0 Å². The van der Waals surface area contributed by atoms with Gasteiger partial charge in [0.15, 0.2) is 0 Å². The van der Waals surface area contributed by atoms with E-state index in [1.165, 1.54) is 0 Å². The lowest BCUT2D eigenvalue weighted by Gasteiger charge is -1.96. The maximum atomic E-state index is 5.63. The summed E-state index contributed by atoms with van der Waals surface area (Å²) in [6.07, 6.45) is 0.753. The van der Waals surface area contributed by atoms with Crippen LogP contribution >= 0.6 is 61.6 Å². The van der Waals surface area contributed by atoms with Gasteiger partial charge in [-0.1, -0.05) is 52.8 Å². The fourth-order valence-corrected chi connectivity index (χ4v) is 1.61. The van der Waals surface area contributed by atoms with Crippen molar-refractivity contribution in [3.8, 4) is 0 Å². The molecule has 1 atom stereocenters. The van der Waals surface area contributed by atoms with Gasteiger partial charge in [0.2, 0.25) is 0 Å². The van der Waals surface area contributed by atoms with Crippen LogP contribution in [0.25, 0.3) is 0 Å². The number of alkyl halides is 2. The van der Waals surface area contributed by atoms with Crippen LogP contribution in [0.4, 0.5) is 0 Å². The lowest BCUT2D eigenvalue weighted by molar-refractivity contribution is 1.42. The zero-order valence-corrected chi connectivity index (χ0v) is 12.3. The van der Waals surface area contributed by atoms with Gasteiger partial charge in [0, 0.05) is 5.30 Å². The first-order chi connectivity index (χ1) is 6.57. The molecule has 1 rings (SSSR count). The summed E-state index contributed by atoms with van der Waals surface area (Å²) < 4.78 is 0. The highest BCUT2D eigenvalue weighted by molar-refractivity contribution is 8.08. The van der Waals surface area contributed by atoms with Crippen LogP contribution < -0.4 is 5.30 Å². The van der Waals surface area contributed by atoms with Crippen LogP contribution in [0.15, 0.2) is 30.3 Å². The van der Waals surface area contributed by atoms with E-state index >= 15 is 0 Å². The summed E-state index contributed by atoms with van der Waals surface area (Å²) in [6, 6.07) is 9.64. The van der Waals surface area contributed by atoms with Gasteiger partial charge in [-0.2, -0.15) is 0 Å². The summed E-state index contributed by atoms with van der Waals surface area (Å²) in [5.41, 5.74) is 0. The molecule has 0 nitrogen and oxygen atoms in total. The molecule has 0 fully saturated rings. The van der Waals surface area contributed by atoms with E-state index < -0.39 is 6.63 Å². The monoisotopic (exact) mass is 308 g/mol. The highest BCUT2D eigenvalue weighted by Gasteiger charge is 1.99. The number of hydrogen-bond acceptors (Lipinski definition) is 0. The van der Waals surface area contributed by atoms with Crippen molar-refractivity contribution in [2.24, 2.45) is 0 Å². The Bertz CT molecular complexity index is 228. The summed E-state index contributed by atoms with van der Waals surface area (Å²) in [7, 11) is 2.43. The molecule has 0 heterocycles. The molecule has 1 unspecified atom stereocenters. The van der Waals surface area contributed by atoms with Crippen molar-refractivity contribution >= 4 is 66.9 Å². The van der Waals surface area contributed by atoms with Gasteiger partial charge in [0.25, 0.3) is 0 Å². The summed E-state index contributed by atoms with van der Waals surface area (Å²) >= 11 is 21.7. The Morgan fingerprint density at radius 2 is 1.57 bits per heavy atom. The fraction of sp³-hybridized carbons (Fsp3) is 0.250. The van der Waals surface area contributed by atoms with Crippen LogP contribution in [0.2, 0.25) is 0 Å². The largest absolute Gasteiger partial charge is 0.135 e. The molecular weight excluding hydrogens is 300 g/mol. The van der Waals surface area contributed by atoms with Gasteiger partial charge in [0.1, 0.15) is 11.5 Å². The molecule has 0 aliphatic rings. The molecule has 14 heavy (non-hydrogen) atoms. The maximum Gasteiger partial charge on any atom is 0.116 e. The van der Waals surface area contributed by atoms with Crippen molar-refractivity contribution in [1.29, 1.82) is 0 Å². The van der Waals surface area contributed by atoms with Crippen molar-refractivity contribution in [2.75, 3.05) is 6.16 Å². The van der Waals surface area contributed by atoms with Crippen LogP contribution in [-0.2, 0) is 0 Å². The molecule has 0 aromatic heterocycles. The first kappa shape index (κ1) is 15.2. The number of rotatable bonds is 2. The van der Waals surface area contributed by atoms with E-state index in [1.54, 1.807) is 0 Å². The highest BCUT2D eigenvalue weighted by atomic mass is 35.9. The average Bonchev–Trinajstić information content (AvgIpc) is 2.20. The molecule has 0 saturated heterocycles. The van der Waals surface area contributed by atoms with Crippen molar-refractivity contribution < 1.29 is 0 Å². The predicted octanol–water partition coefficient (Wildman–Crippen LogP) is 4.77. The molecule has 0 amide bonds. The first-order valence-electron chi connectivity index (χ1n) is 3.73. The number of hydrogen-bond donors (Lipinski definition) is 0. The van der Waals surface area contributed by atoms with Gasteiger partial charge < -0.3 is 0 Å². The van der Waals surface area contributed by atoms with Crippen LogP contribution in [0.3, 0.4) is 0 Å². The quantitative estimate of drug-likeness (QED) is 0.545. The minimum Gasteiger partial charge on any atom is -0.135 e. The highest BCUT2D eigenvalue weighted by Crippen LogP contribution is 2.44. The summed E-state index contributed by atoms with van der Waals surface area (Å²) in [6.45, 7) is -0.951. The molecule has 0 saturated carbocycles. The van der Waals surface area contributed by atoms with Gasteiger partial charge in [-0.05, 0) is 6.16 Å². The molecule has 0 bridgehead atoms. The zero-order chi connectivity index (χ0) is 11.0. The lowest BCUT2D eigenvalue weighted by atomic mass is 10.4. The SMILES string of the molecule is ClP(Cl)c1ccccc1.PCC(Cl)Cl. The first-order valence-corrected chi connectivity index (χ1v) is 8.57. The zero-order valence-electron chi connectivity index (χ0n) is 7.21. The molecule has 0 spiro atoms. The fourth-order valence-electron chi connectivity index (χ4n) is 0.541. The molecule has 1 aromatic rings. The molecule has 6 heteroatoms. The van der Waals surface area contributed by atoms with Gasteiger partial charge >= 0.3 is 0 Å². The van der Waals surface area contributed by atoms with E-state index in [0.29, 0.717) is 0 Å². The van der Waals surface area contributed by atoms with Crippen molar-refractivity contribution in [3.63, 3.8) is 0 Å². The van der Waals surface area contributed by atoms with Crippen LogP contribution in [0.1, 0.15) is 0 Å². The third-order valence-corrected chi connectivity index (χ3v) is 4.41. The second-order valence-corrected chi connectivity index (χ2v) is 7.47. The van der Waals surface area contributed by atoms with E-state index in [1.807, 2.05) is 30.3 Å². The average molecular weight is 310 g/mol. The Morgan fingerprint density at radius 1 is 1.14 bits per heavy atom. The molecule has 1 aromatic carbocycles. The van der Waals surface area contributed by atoms with Gasteiger partial charge in [0.05, 0.1) is 0 Å². The number of halogens is 4. The summed E-state index contributed by atoms with van der Waals surface area (Å²) in [5.74, 6) is 0. The third-order valence-electron chi connectivity index (χ3n) is 1.13. The predicted molar refractivity (Wildman–Crippen MR) is 74.8 cm³/mol. The summed E-state index contributed by atoms with van der Waals surface area (Å²) in [4.78, 5) is -0.208. The van der Waals surface area contributed by atoms with Gasteiger partial charge in [-0.3, -0.25) is 0 Å². The van der Waals surface area contributed by atoms with Crippen molar-refractivity contribution in [1.82, 2.24) is 0 Å². The van der Waals surface area contributed by atoms with Crippen LogP contribution in [-0.4, -0.2) is 11.0 Å². The normalized spacial score (nSPS) is 9.93. The Labute approximate surface area is 108 Å². The third kappa shape index (κ3) is 8.54. The Balaban J connectivity index is 0.000000292. The number of benzene rings is 1. The minimum atomic E-state index is -0.951. The molecular formula is C8H10Cl4P2. The van der Waals surface area contributed by atoms with Crippen LogP contribution in [0.5, 0.6) is 0 Å².